The molecular weight excluding hydrogens is 731 g/mol. The van der Waals surface area contributed by atoms with E-state index in [-0.39, 0.29) is 24.9 Å². The molecule has 0 aromatic heterocycles. The molecule has 0 aromatic carbocycles. The maximum Gasteiger partial charge on any atom is 0.306 e. The molecule has 3 N–H and O–H groups in total. The van der Waals surface area contributed by atoms with Crippen LogP contribution in [0.15, 0.2) is 72.9 Å². The molecule has 340 valence electrons. The second kappa shape index (κ2) is 46.4. The summed E-state index contributed by atoms with van der Waals surface area (Å²) in [5.41, 5.74) is 0. The first-order chi connectivity index (χ1) is 29.0. The van der Waals surface area contributed by atoms with Gasteiger partial charge in [-0.15, -0.1) is 0 Å². The Kier molecular flexibility index (Phi) is 44.2. The third kappa shape index (κ3) is 41.8. The van der Waals surface area contributed by atoms with Gasteiger partial charge < -0.3 is 20.3 Å². The normalized spacial score (nSPS) is 13.9. The number of carbonyl (C=O) groups excluding carboxylic acids is 2. The van der Waals surface area contributed by atoms with Gasteiger partial charge in [0.05, 0.1) is 25.2 Å². The lowest BCUT2D eigenvalue weighted by Crippen LogP contribution is -2.46. The van der Waals surface area contributed by atoms with Crippen molar-refractivity contribution in [2.24, 2.45) is 0 Å². The van der Waals surface area contributed by atoms with E-state index >= 15 is 0 Å². The molecule has 0 saturated carbocycles. The highest BCUT2D eigenvalue weighted by Gasteiger charge is 2.24. The van der Waals surface area contributed by atoms with Crippen LogP contribution in [0.2, 0.25) is 0 Å². The van der Waals surface area contributed by atoms with Gasteiger partial charge in [-0.2, -0.15) is 0 Å². The lowest BCUT2D eigenvalue weighted by Gasteiger charge is -2.24. The number of hydrogen-bond acceptors (Lipinski definition) is 5. The maximum absolute atomic E-state index is 13.2. The molecule has 0 aliphatic heterocycles. The van der Waals surface area contributed by atoms with Crippen LogP contribution in [0.5, 0.6) is 0 Å². The van der Waals surface area contributed by atoms with E-state index in [1.165, 1.54) is 109 Å². The Labute approximate surface area is 364 Å². The van der Waals surface area contributed by atoms with E-state index in [0.717, 1.165) is 70.6 Å². The number of esters is 1. The SMILES string of the molecule is CCC/C=C/C=C/C=C/C=C/C=C/CCCCCC(CC(=O)NC(CO)C(O)CCCCCCCCCCC)OC(=O)CCCCCCCCC/C=C\CCCCCC. The highest BCUT2D eigenvalue weighted by atomic mass is 16.5. The average molecular weight is 824 g/mol. The molecule has 0 aliphatic carbocycles. The Balaban J connectivity index is 4.71. The molecule has 3 unspecified atom stereocenters. The number of aliphatic hydroxyl groups excluding tert-OH is 2. The Morgan fingerprint density at radius 2 is 0.915 bits per heavy atom. The molecule has 0 radical (unpaired) electrons. The van der Waals surface area contributed by atoms with Gasteiger partial charge in [0.2, 0.25) is 5.91 Å². The summed E-state index contributed by atoms with van der Waals surface area (Å²) in [6.45, 7) is 6.34. The van der Waals surface area contributed by atoms with Crippen molar-refractivity contribution >= 4 is 11.9 Å². The topological polar surface area (TPSA) is 95.9 Å². The largest absolute Gasteiger partial charge is 0.462 e. The third-order valence-corrected chi connectivity index (χ3v) is 10.9. The van der Waals surface area contributed by atoms with E-state index in [1.807, 2.05) is 36.5 Å². The molecule has 0 rings (SSSR count). The van der Waals surface area contributed by atoms with Crippen LogP contribution in [0.25, 0.3) is 0 Å². The van der Waals surface area contributed by atoms with E-state index in [2.05, 4.69) is 62.5 Å². The van der Waals surface area contributed by atoms with Crippen LogP contribution >= 0.6 is 0 Å². The molecular formula is C53H93NO5. The Morgan fingerprint density at radius 3 is 1.46 bits per heavy atom. The minimum absolute atomic E-state index is 0.0451. The fourth-order valence-corrected chi connectivity index (χ4v) is 7.10. The highest BCUT2D eigenvalue weighted by Crippen LogP contribution is 2.17. The van der Waals surface area contributed by atoms with Gasteiger partial charge in [0, 0.05) is 6.42 Å². The van der Waals surface area contributed by atoms with Gasteiger partial charge in [0.25, 0.3) is 0 Å². The molecule has 0 aromatic rings. The monoisotopic (exact) mass is 824 g/mol. The van der Waals surface area contributed by atoms with E-state index in [9.17, 15) is 19.8 Å². The number of aliphatic hydroxyl groups is 2. The summed E-state index contributed by atoms with van der Waals surface area (Å²) in [7, 11) is 0. The molecule has 6 nitrogen and oxygen atoms in total. The number of rotatable bonds is 43. The lowest BCUT2D eigenvalue weighted by atomic mass is 10.0. The van der Waals surface area contributed by atoms with Gasteiger partial charge >= 0.3 is 5.97 Å². The quantitative estimate of drug-likeness (QED) is 0.0246. The van der Waals surface area contributed by atoms with E-state index in [1.54, 1.807) is 0 Å². The predicted molar refractivity (Wildman–Crippen MR) is 255 cm³/mol. The first-order valence-electron chi connectivity index (χ1n) is 24.7. The Bertz CT molecular complexity index is 1110. The van der Waals surface area contributed by atoms with Crippen molar-refractivity contribution in [2.75, 3.05) is 6.61 Å². The van der Waals surface area contributed by atoms with Crippen LogP contribution < -0.4 is 5.32 Å². The smallest absolute Gasteiger partial charge is 0.306 e. The molecule has 0 bridgehead atoms. The fourth-order valence-electron chi connectivity index (χ4n) is 7.10. The molecule has 0 fully saturated rings. The molecule has 59 heavy (non-hydrogen) atoms. The number of amides is 1. The molecule has 0 saturated heterocycles. The number of nitrogens with one attached hydrogen (secondary N) is 1. The first-order valence-corrected chi connectivity index (χ1v) is 24.7. The molecule has 0 heterocycles. The summed E-state index contributed by atoms with van der Waals surface area (Å²) in [5, 5.41) is 23.6. The van der Waals surface area contributed by atoms with Crippen LogP contribution in [0.4, 0.5) is 0 Å². The van der Waals surface area contributed by atoms with E-state index < -0.39 is 18.2 Å². The molecule has 1 amide bonds. The standard InChI is InChI=1S/C53H93NO5/c1-4-7-10-13-16-19-21-23-25-27-28-30-33-35-38-41-44-49(47-52(57)54-50(48-55)51(56)45-42-39-36-32-18-15-12-9-6-3)59-53(58)46-43-40-37-34-31-29-26-24-22-20-17-14-11-8-5-2/h10,13,16,19-23,25,27-28,30,49-51,55-56H,4-9,11-12,14-15,17-18,24,26,29,31-48H2,1-3H3,(H,54,57)/b13-10+,19-16+,22-20-,23-21+,27-25+,30-28+. The van der Waals surface area contributed by atoms with Gasteiger partial charge in [-0.3, -0.25) is 9.59 Å². The minimum Gasteiger partial charge on any atom is -0.462 e. The van der Waals surface area contributed by atoms with Crippen molar-refractivity contribution in [3.8, 4) is 0 Å². The Hall–Kier alpha value is -2.70. The average Bonchev–Trinajstić information content (AvgIpc) is 3.23. The summed E-state index contributed by atoms with van der Waals surface area (Å²) >= 11 is 0. The van der Waals surface area contributed by atoms with Gasteiger partial charge in [-0.05, 0) is 70.6 Å². The van der Waals surface area contributed by atoms with Gasteiger partial charge in [0.1, 0.15) is 6.10 Å². The van der Waals surface area contributed by atoms with Crippen molar-refractivity contribution in [2.45, 2.75) is 244 Å². The van der Waals surface area contributed by atoms with Crippen LogP contribution in [0.3, 0.4) is 0 Å². The molecule has 6 heteroatoms. The molecule has 3 atom stereocenters. The summed E-state index contributed by atoms with van der Waals surface area (Å²) in [4.78, 5) is 26.1. The fraction of sp³-hybridized carbons (Fsp3) is 0.736. The van der Waals surface area contributed by atoms with E-state index in [4.69, 9.17) is 4.74 Å². The van der Waals surface area contributed by atoms with Crippen molar-refractivity contribution in [1.29, 1.82) is 0 Å². The predicted octanol–water partition coefficient (Wildman–Crippen LogP) is 14.6. The number of carbonyl (C=O) groups is 2. The first kappa shape index (κ1) is 56.3. The van der Waals surface area contributed by atoms with Gasteiger partial charge in [0.15, 0.2) is 0 Å². The second-order valence-corrected chi connectivity index (χ2v) is 16.6. The molecule has 0 spiro atoms. The number of unbranched alkanes of at least 4 members (excludes halogenated alkanes) is 23. The molecule has 0 aliphatic rings. The number of ether oxygens (including phenoxy) is 1. The van der Waals surface area contributed by atoms with Crippen LogP contribution in [0, 0.1) is 0 Å². The summed E-state index contributed by atoms with van der Waals surface area (Å²) in [5.74, 6) is -0.525. The summed E-state index contributed by atoms with van der Waals surface area (Å²) in [6, 6.07) is -0.717. The van der Waals surface area contributed by atoms with Crippen LogP contribution in [0.1, 0.15) is 226 Å². The zero-order chi connectivity index (χ0) is 43.1. The minimum atomic E-state index is -0.801. The van der Waals surface area contributed by atoms with Crippen molar-refractivity contribution in [3.63, 3.8) is 0 Å². The second-order valence-electron chi connectivity index (χ2n) is 16.6. The van der Waals surface area contributed by atoms with Crippen molar-refractivity contribution < 1.29 is 24.5 Å². The van der Waals surface area contributed by atoms with Crippen LogP contribution in [-0.4, -0.2) is 46.9 Å². The summed E-state index contributed by atoms with van der Waals surface area (Å²) in [6.07, 6.45) is 58.1. The number of allylic oxidation sites excluding steroid dienone is 12. The zero-order valence-electron chi connectivity index (χ0n) is 38.6. The van der Waals surface area contributed by atoms with Crippen molar-refractivity contribution in [1.82, 2.24) is 5.32 Å². The van der Waals surface area contributed by atoms with Gasteiger partial charge in [-0.25, -0.2) is 0 Å². The van der Waals surface area contributed by atoms with E-state index in [0.29, 0.717) is 19.3 Å². The summed E-state index contributed by atoms with van der Waals surface area (Å²) < 4.78 is 5.90. The Morgan fingerprint density at radius 1 is 0.492 bits per heavy atom. The maximum atomic E-state index is 13.2. The lowest BCUT2D eigenvalue weighted by molar-refractivity contribution is -0.151. The highest BCUT2D eigenvalue weighted by molar-refractivity contribution is 5.77. The van der Waals surface area contributed by atoms with Gasteiger partial charge in [-0.1, -0.05) is 216 Å². The van der Waals surface area contributed by atoms with Crippen molar-refractivity contribution in [3.05, 3.63) is 72.9 Å². The zero-order valence-corrected chi connectivity index (χ0v) is 38.6. The number of hydrogen-bond donors (Lipinski definition) is 3. The third-order valence-electron chi connectivity index (χ3n) is 10.9. The van der Waals surface area contributed by atoms with Crippen LogP contribution in [-0.2, 0) is 14.3 Å².